The first-order valence-electron chi connectivity index (χ1n) is 8.88. The van der Waals surface area contributed by atoms with E-state index in [0.29, 0.717) is 17.7 Å². The average Bonchev–Trinajstić information content (AvgIpc) is 3.00. The van der Waals surface area contributed by atoms with E-state index in [1.54, 1.807) is 37.5 Å². The third kappa shape index (κ3) is 4.43. The Balaban J connectivity index is 1.62. The van der Waals surface area contributed by atoms with Gasteiger partial charge < -0.3 is 4.57 Å². The molecule has 2 heterocycles. The largest absolute Gasteiger partial charge is 0.318 e. The number of hydrazine groups is 1. The van der Waals surface area contributed by atoms with Crippen LogP contribution in [0.25, 0.3) is 5.69 Å². The molecule has 2 amide bonds. The number of rotatable bonds is 5. The summed E-state index contributed by atoms with van der Waals surface area (Å²) >= 11 is 0. The molecular formula is C21H21FN4O2. The maximum absolute atomic E-state index is 13.2. The van der Waals surface area contributed by atoms with Crippen LogP contribution in [0.2, 0.25) is 0 Å². The van der Waals surface area contributed by atoms with E-state index in [0.717, 1.165) is 16.9 Å². The van der Waals surface area contributed by atoms with Gasteiger partial charge in [-0.1, -0.05) is 6.07 Å². The van der Waals surface area contributed by atoms with Crippen LogP contribution in [-0.4, -0.2) is 21.4 Å². The second kappa shape index (κ2) is 8.47. The van der Waals surface area contributed by atoms with Gasteiger partial charge in [-0.05, 0) is 62.2 Å². The van der Waals surface area contributed by atoms with Gasteiger partial charge in [0.2, 0.25) is 5.91 Å². The predicted octanol–water partition coefficient (Wildman–Crippen LogP) is 3.02. The summed E-state index contributed by atoms with van der Waals surface area (Å²) in [7, 11) is 0. The van der Waals surface area contributed by atoms with Crippen molar-refractivity contribution >= 4 is 11.8 Å². The van der Waals surface area contributed by atoms with Crippen LogP contribution in [-0.2, 0) is 11.2 Å². The fourth-order valence-corrected chi connectivity index (χ4v) is 3.04. The molecule has 6 nitrogen and oxygen atoms in total. The minimum atomic E-state index is -0.406. The van der Waals surface area contributed by atoms with Crippen molar-refractivity contribution in [1.82, 2.24) is 20.4 Å². The van der Waals surface area contributed by atoms with Crippen molar-refractivity contribution in [2.75, 3.05) is 0 Å². The number of pyridine rings is 1. The second-order valence-electron chi connectivity index (χ2n) is 6.46. The number of benzene rings is 1. The molecule has 1 aromatic carbocycles. The lowest BCUT2D eigenvalue weighted by atomic mass is 10.1. The SMILES string of the molecule is Cc1cc(C(=O)NNC(=O)CCc2cccnc2)c(C)n1-c1ccc(F)cc1. The molecule has 0 saturated heterocycles. The Labute approximate surface area is 162 Å². The molecule has 7 heteroatoms. The standard InChI is InChI=1S/C21H21FN4O2/c1-14-12-19(15(2)26(14)18-8-6-17(22)7-9-18)21(28)25-24-20(27)10-5-16-4-3-11-23-13-16/h3-4,6-9,11-13H,5,10H2,1-2H3,(H,24,27)(H,25,28). The Kier molecular flexibility index (Phi) is 5.84. The van der Waals surface area contributed by atoms with Gasteiger partial charge >= 0.3 is 0 Å². The third-order valence-electron chi connectivity index (χ3n) is 4.44. The lowest BCUT2D eigenvalue weighted by molar-refractivity contribution is -0.121. The number of nitrogens with zero attached hydrogens (tertiary/aromatic N) is 2. The Morgan fingerprint density at radius 3 is 2.54 bits per heavy atom. The topological polar surface area (TPSA) is 76.0 Å². The maximum atomic E-state index is 13.2. The first-order chi connectivity index (χ1) is 13.5. The van der Waals surface area contributed by atoms with Crippen molar-refractivity contribution < 1.29 is 14.0 Å². The van der Waals surface area contributed by atoms with Crippen molar-refractivity contribution in [3.63, 3.8) is 0 Å². The van der Waals surface area contributed by atoms with Crippen LogP contribution < -0.4 is 10.9 Å². The monoisotopic (exact) mass is 380 g/mol. The molecule has 0 aliphatic carbocycles. The van der Waals surface area contributed by atoms with Gasteiger partial charge in [0.25, 0.3) is 5.91 Å². The fourth-order valence-electron chi connectivity index (χ4n) is 3.04. The summed E-state index contributed by atoms with van der Waals surface area (Å²) in [4.78, 5) is 28.5. The van der Waals surface area contributed by atoms with E-state index in [2.05, 4.69) is 15.8 Å². The number of aryl methyl sites for hydroxylation is 2. The molecule has 0 fully saturated rings. The van der Waals surface area contributed by atoms with E-state index in [-0.39, 0.29) is 18.1 Å². The van der Waals surface area contributed by atoms with Crippen LogP contribution in [0.3, 0.4) is 0 Å². The van der Waals surface area contributed by atoms with E-state index < -0.39 is 5.91 Å². The van der Waals surface area contributed by atoms with Crippen LogP contribution in [0.4, 0.5) is 4.39 Å². The zero-order chi connectivity index (χ0) is 20.1. The second-order valence-corrected chi connectivity index (χ2v) is 6.46. The summed E-state index contributed by atoms with van der Waals surface area (Å²) < 4.78 is 15.0. The predicted molar refractivity (Wildman–Crippen MR) is 103 cm³/mol. The fraction of sp³-hybridized carbons (Fsp3) is 0.190. The van der Waals surface area contributed by atoms with Gasteiger partial charge in [-0.3, -0.25) is 25.4 Å². The van der Waals surface area contributed by atoms with Crippen LogP contribution in [0.5, 0.6) is 0 Å². The summed E-state index contributed by atoms with van der Waals surface area (Å²) in [6, 6.07) is 11.5. The average molecular weight is 380 g/mol. The van der Waals surface area contributed by atoms with Gasteiger partial charge in [-0.2, -0.15) is 0 Å². The molecule has 144 valence electrons. The van der Waals surface area contributed by atoms with Crippen LogP contribution in [0, 0.1) is 19.7 Å². The molecule has 0 radical (unpaired) electrons. The van der Waals surface area contributed by atoms with Gasteiger partial charge in [0, 0.05) is 35.9 Å². The quantitative estimate of drug-likeness (QED) is 0.668. The molecule has 2 N–H and O–H groups in total. The van der Waals surface area contributed by atoms with Gasteiger partial charge in [0.05, 0.1) is 5.56 Å². The molecule has 0 atom stereocenters. The molecule has 0 spiro atoms. The van der Waals surface area contributed by atoms with Crippen LogP contribution in [0.15, 0.2) is 54.9 Å². The lowest BCUT2D eigenvalue weighted by Gasteiger charge is -2.10. The van der Waals surface area contributed by atoms with Crippen molar-refractivity contribution in [2.24, 2.45) is 0 Å². The molecule has 28 heavy (non-hydrogen) atoms. The summed E-state index contributed by atoms with van der Waals surface area (Å²) in [5.74, 6) is -1.01. The maximum Gasteiger partial charge on any atom is 0.271 e. The summed E-state index contributed by atoms with van der Waals surface area (Å²) in [5, 5.41) is 0. The highest BCUT2D eigenvalue weighted by Gasteiger charge is 2.17. The zero-order valence-corrected chi connectivity index (χ0v) is 15.7. The molecule has 0 bridgehead atoms. The van der Waals surface area contributed by atoms with Gasteiger partial charge in [-0.25, -0.2) is 4.39 Å². The zero-order valence-electron chi connectivity index (χ0n) is 15.7. The highest BCUT2D eigenvalue weighted by molar-refractivity contribution is 5.97. The third-order valence-corrected chi connectivity index (χ3v) is 4.44. The minimum absolute atomic E-state index is 0.237. The first kappa shape index (κ1) is 19.3. The molecule has 0 saturated carbocycles. The van der Waals surface area contributed by atoms with Crippen molar-refractivity contribution in [1.29, 1.82) is 0 Å². The van der Waals surface area contributed by atoms with E-state index in [1.807, 2.05) is 23.6 Å². The van der Waals surface area contributed by atoms with E-state index >= 15 is 0 Å². The Hall–Kier alpha value is -3.48. The van der Waals surface area contributed by atoms with Gasteiger partial charge in [0.15, 0.2) is 0 Å². The smallest absolute Gasteiger partial charge is 0.271 e. The number of nitrogens with one attached hydrogen (secondary N) is 2. The van der Waals surface area contributed by atoms with Crippen LogP contribution in [0.1, 0.15) is 33.7 Å². The molecule has 2 aromatic heterocycles. The highest BCUT2D eigenvalue weighted by atomic mass is 19.1. The molecule has 0 unspecified atom stereocenters. The highest BCUT2D eigenvalue weighted by Crippen LogP contribution is 2.21. The number of hydrogen-bond acceptors (Lipinski definition) is 3. The molecule has 0 aliphatic rings. The summed E-state index contributed by atoms with van der Waals surface area (Å²) in [5.41, 5.74) is 8.57. The number of halogens is 1. The minimum Gasteiger partial charge on any atom is -0.318 e. The number of amides is 2. The summed E-state index contributed by atoms with van der Waals surface area (Å²) in [6.45, 7) is 3.66. The van der Waals surface area contributed by atoms with E-state index in [1.165, 1.54) is 12.1 Å². The molecule has 3 rings (SSSR count). The van der Waals surface area contributed by atoms with Gasteiger partial charge in [0.1, 0.15) is 5.82 Å². The molecule has 0 aliphatic heterocycles. The van der Waals surface area contributed by atoms with Crippen molar-refractivity contribution in [3.05, 3.63) is 83.2 Å². The molecular weight excluding hydrogens is 359 g/mol. The Morgan fingerprint density at radius 1 is 1.11 bits per heavy atom. The Bertz CT molecular complexity index is 982. The van der Waals surface area contributed by atoms with Crippen molar-refractivity contribution in [2.45, 2.75) is 26.7 Å². The van der Waals surface area contributed by atoms with E-state index in [4.69, 9.17) is 0 Å². The number of hydrogen-bond donors (Lipinski definition) is 2. The lowest BCUT2D eigenvalue weighted by Crippen LogP contribution is -2.41. The normalized spacial score (nSPS) is 10.5. The molecule has 3 aromatic rings. The number of carbonyl (C=O) groups excluding carboxylic acids is 2. The Morgan fingerprint density at radius 2 is 1.86 bits per heavy atom. The number of aromatic nitrogens is 2. The first-order valence-corrected chi connectivity index (χ1v) is 8.88. The number of carbonyl (C=O) groups is 2. The van der Waals surface area contributed by atoms with Gasteiger partial charge in [-0.15, -0.1) is 0 Å². The van der Waals surface area contributed by atoms with E-state index in [9.17, 15) is 14.0 Å². The summed E-state index contributed by atoms with van der Waals surface area (Å²) in [6.07, 6.45) is 4.15. The van der Waals surface area contributed by atoms with Crippen molar-refractivity contribution in [3.8, 4) is 5.69 Å². The van der Waals surface area contributed by atoms with Crippen LogP contribution >= 0.6 is 0 Å².